The van der Waals surface area contributed by atoms with Gasteiger partial charge in [-0.3, -0.25) is 4.79 Å². The van der Waals surface area contributed by atoms with Gasteiger partial charge >= 0.3 is 0 Å². The summed E-state index contributed by atoms with van der Waals surface area (Å²) in [5.74, 6) is 0.191. The summed E-state index contributed by atoms with van der Waals surface area (Å²) < 4.78 is 0. The Balaban J connectivity index is 0.00000220. The van der Waals surface area contributed by atoms with Crippen LogP contribution < -0.4 is 5.32 Å². The van der Waals surface area contributed by atoms with Crippen LogP contribution in [-0.4, -0.2) is 41.0 Å². The van der Waals surface area contributed by atoms with Crippen LogP contribution in [0.1, 0.15) is 45.3 Å². The number of piperazine rings is 1. The summed E-state index contributed by atoms with van der Waals surface area (Å²) in [6.07, 6.45) is 0.420. The maximum absolute atomic E-state index is 12.4. The largest absolute Gasteiger partial charge is 0.337 e. The number of nitrogens with zero attached hydrogens (tertiary/aromatic N) is 2. The monoisotopic (exact) mass is 367 g/mol. The molecule has 0 radical (unpaired) electrons. The molecule has 1 amide bonds. The number of halogens is 2. The lowest BCUT2D eigenvalue weighted by molar-refractivity contribution is -0.134. The Bertz CT molecular complexity index is 487. The fraction of sp³-hybridized carbons (Fsp3) is 0.733. The number of carbonyl (C=O) groups excluding carboxylic acids is 1. The zero-order valence-electron chi connectivity index (χ0n) is 13.9. The molecule has 2 atom stereocenters. The van der Waals surface area contributed by atoms with Crippen molar-refractivity contribution in [3.8, 4) is 0 Å². The number of thiazole rings is 1. The van der Waals surface area contributed by atoms with E-state index in [1.807, 2.05) is 10.3 Å². The molecule has 1 aromatic rings. The second-order valence-corrected chi connectivity index (χ2v) is 7.50. The zero-order valence-corrected chi connectivity index (χ0v) is 16.3. The molecule has 2 unspecified atom stereocenters. The second-order valence-electron chi connectivity index (χ2n) is 6.64. The molecule has 2 rings (SSSR count). The Kier molecular flexibility index (Phi) is 8.34. The van der Waals surface area contributed by atoms with E-state index >= 15 is 0 Å². The Labute approximate surface area is 149 Å². The van der Waals surface area contributed by atoms with Crippen molar-refractivity contribution in [1.82, 2.24) is 15.2 Å². The molecule has 4 nitrogen and oxygen atoms in total. The van der Waals surface area contributed by atoms with E-state index < -0.39 is 0 Å². The summed E-state index contributed by atoms with van der Waals surface area (Å²) in [6, 6.07) is 0.602. The fourth-order valence-electron chi connectivity index (χ4n) is 2.40. The average Bonchev–Trinajstić information content (AvgIpc) is 2.81. The molecule has 1 aromatic heterocycles. The lowest BCUT2D eigenvalue weighted by Gasteiger charge is -2.38. The molecule has 7 heteroatoms. The lowest BCUT2D eigenvalue weighted by atomic mass is 9.98. The van der Waals surface area contributed by atoms with E-state index in [0.29, 0.717) is 12.5 Å². The van der Waals surface area contributed by atoms with Crippen LogP contribution in [0.4, 0.5) is 0 Å². The van der Waals surface area contributed by atoms with Gasteiger partial charge in [0, 0.05) is 36.0 Å². The van der Waals surface area contributed by atoms with Gasteiger partial charge < -0.3 is 10.2 Å². The topological polar surface area (TPSA) is 45.2 Å². The Morgan fingerprint density at radius 3 is 2.59 bits per heavy atom. The van der Waals surface area contributed by atoms with Gasteiger partial charge in [-0.2, -0.15) is 0 Å². The van der Waals surface area contributed by atoms with Crippen LogP contribution in [0.15, 0.2) is 5.38 Å². The van der Waals surface area contributed by atoms with Crippen molar-refractivity contribution >= 4 is 42.1 Å². The average molecular weight is 368 g/mol. The van der Waals surface area contributed by atoms with Gasteiger partial charge in [0.05, 0.1) is 17.1 Å². The van der Waals surface area contributed by atoms with Gasteiger partial charge in [0.25, 0.3) is 0 Å². The standard InChI is InChI=1S/C15H25N3OS.2ClH/c1-10-11(2)18(7-6-16-10)13(19)8-12-9-20-14(17-12)15(3,4)5;;/h9-11,16H,6-8H2,1-5H3;2*1H. The highest BCUT2D eigenvalue weighted by Gasteiger charge is 2.28. The first-order valence-electron chi connectivity index (χ1n) is 7.27. The molecule has 0 spiro atoms. The predicted molar refractivity (Wildman–Crippen MR) is 97.7 cm³/mol. The van der Waals surface area contributed by atoms with Gasteiger partial charge in [-0.05, 0) is 13.8 Å². The van der Waals surface area contributed by atoms with Crippen molar-refractivity contribution in [3.63, 3.8) is 0 Å². The summed E-state index contributed by atoms with van der Waals surface area (Å²) in [5.41, 5.74) is 0.964. The van der Waals surface area contributed by atoms with E-state index in [4.69, 9.17) is 0 Å². The molecule has 0 aromatic carbocycles. The Hall–Kier alpha value is -0.360. The van der Waals surface area contributed by atoms with Crippen molar-refractivity contribution in [2.24, 2.45) is 0 Å². The molecular weight excluding hydrogens is 341 g/mol. The van der Waals surface area contributed by atoms with Crippen LogP contribution in [0.2, 0.25) is 0 Å². The lowest BCUT2D eigenvalue weighted by Crippen LogP contribution is -2.57. The number of rotatable bonds is 2. The third-order valence-electron chi connectivity index (χ3n) is 3.88. The summed E-state index contributed by atoms with van der Waals surface area (Å²) in [6.45, 7) is 12.4. The summed E-state index contributed by atoms with van der Waals surface area (Å²) in [7, 11) is 0. The predicted octanol–water partition coefficient (Wildman–Crippen LogP) is 3.04. The van der Waals surface area contributed by atoms with Crippen LogP contribution in [0.5, 0.6) is 0 Å². The minimum Gasteiger partial charge on any atom is -0.337 e. The first-order chi connectivity index (χ1) is 9.29. The highest BCUT2D eigenvalue weighted by atomic mass is 35.5. The number of aromatic nitrogens is 1. The second kappa shape index (κ2) is 8.48. The van der Waals surface area contributed by atoms with Gasteiger partial charge in [0.2, 0.25) is 5.91 Å². The molecule has 1 saturated heterocycles. The van der Waals surface area contributed by atoms with Crippen LogP contribution in [0.25, 0.3) is 0 Å². The van der Waals surface area contributed by atoms with Gasteiger partial charge in [0.15, 0.2) is 0 Å². The van der Waals surface area contributed by atoms with E-state index in [2.05, 4.69) is 44.9 Å². The molecule has 22 heavy (non-hydrogen) atoms. The SMILES string of the molecule is CC1NCCN(C(=O)Cc2csc(C(C)(C)C)n2)C1C.Cl.Cl. The normalized spacial score (nSPS) is 21.8. The minimum atomic E-state index is 0. The highest BCUT2D eigenvalue weighted by molar-refractivity contribution is 7.09. The summed E-state index contributed by atoms with van der Waals surface area (Å²) in [4.78, 5) is 19.0. The quantitative estimate of drug-likeness (QED) is 0.873. The first kappa shape index (κ1) is 21.6. The molecule has 0 aliphatic carbocycles. The number of amides is 1. The maximum Gasteiger partial charge on any atom is 0.228 e. The summed E-state index contributed by atoms with van der Waals surface area (Å²) in [5, 5.41) is 6.52. The third kappa shape index (κ3) is 5.08. The van der Waals surface area contributed by atoms with Crippen molar-refractivity contribution in [1.29, 1.82) is 0 Å². The van der Waals surface area contributed by atoms with Crippen LogP contribution in [-0.2, 0) is 16.6 Å². The molecule has 0 saturated carbocycles. The van der Waals surface area contributed by atoms with Gasteiger partial charge in [0.1, 0.15) is 0 Å². The van der Waals surface area contributed by atoms with Crippen LogP contribution in [0.3, 0.4) is 0 Å². The zero-order chi connectivity index (χ0) is 14.9. The van der Waals surface area contributed by atoms with Crippen LogP contribution >= 0.6 is 36.2 Å². The molecular formula is C15H27Cl2N3OS. The maximum atomic E-state index is 12.4. The molecule has 128 valence electrons. The van der Waals surface area contributed by atoms with E-state index in [1.165, 1.54) is 0 Å². The van der Waals surface area contributed by atoms with Crippen molar-refractivity contribution in [2.45, 2.75) is 58.5 Å². The third-order valence-corrected chi connectivity index (χ3v) is 5.20. The van der Waals surface area contributed by atoms with E-state index in [-0.39, 0.29) is 42.2 Å². The van der Waals surface area contributed by atoms with E-state index in [9.17, 15) is 4.79 Å². The molecule has 1 fully saturated rings. The van der Waals surface area contributed by atoms with Crippen LogP contribution in [0, 0.1) is 0 Å². The Morgan fingerprint density at radius 2 is 2.05 bits per heavy atom. The van der Waals surface area contributed by atoms with Crippen molar-refractivity contribution in [2.75, 3.05) is 13.1 Å². The fourth-order valence-corrected chi connectivity index (χ4v) is 3.30. The van der Waals surface area contributed by atoms with Crippen molar-refractivity contribution < 1.29 is 4.79 Å². The van der Waals surface area contributed by atoms with Gasteiger partial charge in [-0.1, -0.05) is 20.8 Å². The molecule has 1 aliphatic heterocycles. The van der Waals surface area contributed by atoms with Crippen molar-refractivity contribution in [3.05, 3.63) is 16.1 Å². The van der Waals surface area contributed by atoms with E-state index in [0.717, 1.165) is 23.8 Å². The smallest absolute Gasteiger partial charge is 0.228 e. The minimum absolute atomic E-state index is 0. The van der Waals surface area contributed by atoms with Gasteiger partial charge in [-0.15, -0.1) is 36.2 Å². The van der Waals surface area contributed by atoms with Gasteiger partial charge in [-0.25, -0.2) is 4.98 Å². The molecule has 0 bridgehead atoms. The number of carbonyl (C=O) groups is 1. The van der Waals surface area contributed by atoms with E-state index in [1.54, 1.807) is 11.3 Å². The highest BCUT2D eigenvalue weighted by Crippen LogP contribution is 2.26. The Morgan fingerprint density at radius 1 is 1.41 bits per heavy atom. The summed E-state index contributed by atoms with van der Waals surface area (Å²) >= 11 is 1.65. The molecule has 1 aliphatic rings. The number of nitrogens with one attached hydrogen (secondary N) is 1. The molecule has 1 N–H and O–H groups in total. The number of hydrogen-bond donors (Lipinski definition) is 1. The molecule has 2 heterocycles. The first-order valence-corrected chi connectivity index (χ1v) is 8.14. The number of hydrogen-bond acceptors (Lipinski definition) is 4.